The van der Waals surface area contributed by atoms with E-state index in [0.29, 0.717) is 5.41 Å². The third kappa shape index (κ3) is 1.79. The first-order valence-electron chi connectivity index (χ1n) is 5.02. The van der Waals surface area contributed by atoms with Crippen LogP contribution in [0.1, 0.15) is 37.4 Å². The molecule has 0 aromatic heterocycles. The lowest BCUT2D eigenvalue weighted by Gasteiger charge is -2.35. The number of hydrogen-bond donors (Lipinski definition) is 1. The Balaban J connectivity index is 2.46. The lowest BCUT2D eigenvalue weighted by atomic mass is 9.72. The number of fused-ring (bicyclic) bond motifs is 1. The third-order valence-electron chi connectivity index (χ3n) is 2.95. The van der Waals surface area contributed by atoms with Gasteiger partial charge in [0.05, 0.1) is 0 Å². The second-order valence-corrected chi connectivity index (χ2v) is 5.43. The minimum absolute atomic E-state index is 0.172. The highest BCUT2D eigenvalue weighted by molar-refractivity contribution is 6.30. The molecule has 0 heterocycles. The van der Waals surface area contributed by atoms with Crippen molar-refractivity contribution < 1.29 is 0 Å². The van der Waals surface area contributed by atoms with E-state index < -0.39 is 0 Å². The van der Waals surface area contributed by atoms with Crippen LogP contribution in [0, 0.1) is 5.41 Å². The molecule has 0 amide bonds. The zero-order chi connectivity index (χ0) is 10.3. The largest absolute Gasteiger partial charge is 0.324 e. The smallest absolute Gasteiger partial charge is 0.0408 e. The van der Waals surface area contributed by atoms with Gasteiger partial charge in [-0.05, 0) is 41.5 Å². The molecule has 1 atom stereocenters. The zero-order valence-electron chi connectivity index (χ0n) is 8.68. The molecule has 1 unspecified atom stereocenters. The van der Waals surface area contributed by atoms with Gasteiger partial charge in [-0.25, -0.2) is 0 Å². The summed E-state index contributed by atoms with van der Waals surface area (Å²) < 4.78 is 0. The molecule has 1 aliphatic carbocycles. The van der Waals surface area contributed by atoms with E-state index in [2.05, 4.69) is 26.0 Å². The Labute approximate surface area is 90.3 Å². The zero-order valence-corrected chi connectivity index (χ0v) is 9.43. The van der Waals surface area contributed by atoms with E-state index in [1.807, 2.05) is 6.07 Å². The van der Waals surface area contributed by atoms with Crippen molar-refractivity contribution in [3.05, 3.63) is 34.3 Å². The summed E-state index contributed by atoms with van der Waals surface area (Å²) >= 11 is 5.98. The van der Waals surface area contributed by atoms with Crippen molar-refractivity contribution in [3.8, 4) is 0 Å². The van der Waals surface area contributed by atoms with Crippen molar-refractivity contribution in [3.63, 3.8) is 0 Å². The molecule has 1 aromatic rings. The summed E-state index contributed by atoms with van der Waals surface area (Å²) in [6.07, 6.45) is 2.14. The summed E-state index contributed by atoms with van der Waals surface area (Å²) in [4.78, 5) is 0. The summed E-state index contributed by atoms with van der Waals surface area (Å²) in [5.41, 5.74) is 9.02. The lowest BCUT2D eigenvalue weighted by Crippen LogP contribution is -2.29. The minimum Gasteiger partial charge on any atom is -0.324 e. The molecule has 1 nitrogen and oxygen atoms in total. The normalized spacial score (nSPS) is 24.4. The van der Waals surface area contributed by atoms with E-state index in [-0.39, 0.29) is 6.04 Å². The quantitative estimate of drug-likeness (QED) is 0.697. The fourth-order valence-corrected chi connectivity index (χ4v) is 2.58. The first-order chi connectivity index (χ1) is 6.48. The highest BCUT2D eigenvalue weighted by Crippen LogP contribution is 2.40. The van der Waals surface area contributed by atoms with Gasteiger partial charge in [-0.15, -0.1) is 0 Å². The Morgan fingerprint density at radius 2 is 2.14 bits per heavy atom. The van der Waals surface area contributed by atoms with Crippen LogP contribution < -0.4 is 5.73 Å². The average Bonchev–Trinajstić information content (AvgIpc) is 2.00. The van der Waals surface area contributed by atoms with Crippen LogP contribution in [-0.4, -0.2) is 0 Å². The second-order valence-electron chi connectivity index (χ2n) is 4.99. The highest BCUT2D eigenvalue weighted by atomic mass is 35.5. The van der Waals surface area contributed by atoms with Crippen LogP contribution in [-0.2, 0) is 6.42 Å². The molecule has 14 heavy (non-hydrogen) atoms. The molecule has 0 radical (unpaired) electrons. The summed E-state index contributed by atoms with van der Waals surface area (Å²) in [7, 11) is 0. The molecule has 0 bridgehead atoms. The second kappa shape index (κ2) is 3.25. The fraction of sp³-hybridized carbons (Fsp3) is 0.500. The molecule has 0 saturated heterocycles. The molecular formula is C12H16ClN. The summed E-state index contributed by atoms with van der Waals surface area (Å²) in [6.45, 7) is 4.52. The van der Waals surface area contributed by atoms with Crippen LogP contribution in [0.25, 0.3) is 0 Å². The van der Waals surface area contributed by atoms with Crippen molar-refractivity contribution in [2.45, 2.75) is 32.7 Å². The number of nitrogens with two attached hydrogens (primary N) is 1. The number of benzene rings is 1. The van der Waals surface area contributed by atoms with Gasteiger partial charge in [-0.2, -0.15) is 0 Å². The van der Waals surface area contributed by atoms with Gasteiger partial charge in [0, 0.05) is 11.1 Å². The molecular weight excluding hydrogens is 194 g/mol. The van der Waals surface area contributed by atoms with Crippen LogP contribution in [0.2, 0.25) is 5.02 Å². The van der Waals surface area contributed by atoms with Crippen molar-refractivity contribution >= 4 is 11.6 Å². The first-order valence-corrected chi connectivity index (χ1v) is 5.40. The summed E-state index contributed by atoms with van der Waals surface area (Å²) in [6, 6.07) is 6.22. The van der Waals surface area contributed by atoms with Crippen molar-refractivity contribution in [1.29, 1.82) is 0 Å². The van der Waals surface area contributed by atoms with E-state index >= 15 is 0 Å². The van der Waals surface area contributed by atoms with Crippen LogP contribution in [0.15, 0.2) is 18.2 Å². The SMILES string of the molecule is CC1(C)Cc2cc(Cl)ccc2C(N)C1. The van der Waals surface area contributed by atoms with Gasteiger partial charge in [0.1, 0.15) is 0 Å². The molecule has 0 saturated carbocycles. The molecule has 2 rings (SSSR count). The van der Waals surface area contributed by atoms with Crippen LogP contribution in [0.5, 0.6) is 0 Å². The van der Waals surface area contributed by atoms with Gasteiger partial charge in [0.25, 0.3) is 0 Å². The van der Waals surface area contributed by atoms with Crippen molar-refractivity contribution in [2.24, 2.45) is 11.1 Å². The topological polar surface area (TPSA) is 26.0 Å². The Morgan fingerprint density at radius 3 is 2.86 bits per heavy atom. The maximum absolute atomic E-state index is 6.13. The molecule has 0 aliphatic heterocycles. The Hall–Kier alpha value is -0.530. The number of hydrogen-bond acceptors (Lipinski definition) is 1. The van der Waals surface area contributed by atoms with E-state index in [4.69, 9.17) is 17.3 Å². The molecule has 0 fully saturated rings. The number of halogens is 1. The maximum atomic E-state index is 6.13. The standard InChI is InChI=1S/C12H16ClN/c1-12(2)6-8-5-9(13)3-4-10(8)11(14)7-12/h3-5,11H,6-7,14H2,1-2H3. The van der Waals surface area contributed by atoms with E-state index in [1.165, 1.54) is 11.1 Å². The Bertz CT molecular complexity index is 357. The lowest BCUT2D eigenvalue weighted by molar-refractivity contribution is 0.283. The van der Waals surface area contributed by atoms with E-state index in [9.17, 15) is 0 Å². The van der Waals surface area contributed by atoms with Gasteiger partial charge in [0.15, 0.2) is 0 Å². The van der Waals surface area contributed by atoms with Crippen LogP contribution in [0.4, 0.5) is 0 Å². The predicted molar refractivity (Wildman–Crippen MR) is 60.5 cm³/mol. The summed E-state index contributed by atoms with van der Waals surface area (Å²) in [5.74, 6) is 0. The maximum Gasteiger partial charge on any atom is 0.0408 e. The summed E-state index contributed by atoms with van der Waals surface area (Å²) in [5, 5.41) is 0.814. The van der Waals surface area contributed by atoms with E-state index in [1.54, 1.807) is 0 Å². The van der Waals surface area contributed by atoms with Gasteiger partial charge >= 0.3 is 0 Å². The van der Waals surface area contributed by atoms with Gasteiger partial charge in [-0.3, -0.25) is 0 Å². The minimum atomic E-state index is 0.172. The van der Waals surface area contributed by atoms with Gasteiger partial charge < -0.3 is 5.73 Å². The monoisotopic (exact) mass is 209 g/mol. The highest BCUT2D eigenvalue weighted by Gasteiger charge is 2.29. The van der Waals surface area contributed by atoms with Crippen molar-refractivity contribution in [1.82, 2.24) is 0 Å². The van der Waals surface area contributed by atoms with Crippen LogP contribution >= 0.6 is 11.6 Å². The third-order valence-corrected chi connectivity index (χ3v) is 3.18. The fourth-order valence-electron chi connectivity index (χ4n) is 2.38. The predicted octanol–water partition coefficient (Wildman–Crippen LogP) is 3.31. The first kappa shape index (κ1) is 10.0. The Morgan fingerprint density at radius 1 is 1.43 bits per heavy atom. The van der Waals surface area contributed by atoms with Crippen molar-refractivity contribution in [2.75, 3.05) is 0 Å². The van der Waals surface area contributed by atoms with Gasteiger partial charge in [-0.1, -0.05) is 31.5 Å². The average molecular weight is 210 g/mol. The van der Waals surface area contributed by atoms with E-state index in [0.717, 1.165) is 17.9 Å². The van der Waals surface area contributed by atoms with Gasteiger partial charge in [0.2, 0.25) is 0 Å². The molecule has 0 spiro atoms. The molecule has 1 aromatic carbocycles. The number of rotatable bonds is 0. The molecule has 76 valence electrons. The van der Waals surface area contributed by atoms with Crippen LogP contribution in [0.3, 0.4) is 0 Å². The molecule has 2 N–H and O–H groups in total. The Kier molecular flexibility index (Phi) is 2.32. The molecule has 2 heteroatoms. The molecule has 1 aliphatic rings.